The first kappa shape index (κ1) is 20.3. The first-order chi connectivity index (χ1) is 14.1. The molecule has 2 aromatic heterocycles. The number of hydrogen-bond donors (Lipinski definition) is 1. The van der Waals surface area contributed by atoms with Crippen LogP contribution in [0.25, 0.3) is 21.3 Å². The number of fused-ring (bicyclic) bond motifs is 1. The van der Waals surface area contributed by atoms with E-state index < -0.39 is 0 Å². The Kier molecular flexibility index (Phi) is 6.15. The lowest BCUT2D eigenvalue weighted by molar-refractivity contribution is -0.122. The van der Waals surface area contributed by atoms with E-state index in [0.717, 1.165) is 57.4 Å². The van der Waals surface area contributed by atoms with Crippen LogP contribution in [0.3, 0.4) is 0 Å². The molecule has 152 valence electrons. The molecular weight excluding hydrogens is 450 g/mol. The van der Waals surface area contributed by atoms with Gasteiger partial charge in [-0.05, 0) is 37.0 Å². The molecule has 0 spiro atoms. The summed E-state index contributed by atoms with van der Waals surface area (Å²) in [5.41, 5.74) is 1.79. The number of nitrogens with one attached hydrogen (secondary N) is 1. The van der Waals surface area contributed by atoms with Crippen LogP contribution in [0.1, 0.15) is 43.9 Å². The Morgan fingerprint density at radius 1 is 1.24 bits per heavy atom. The van der Waals surface area contributed by atoms with Crippen molar-refractivity contribution in [1.82, 2.24) is 14.9 Å². The van der Waals surface area contributed by atoms with Crippen molar-refractivity contribution in [1.29, 1.82) is 0 Å². The van der Waals surface area contributed by atoms with E-state index in [4.69, 9.17) is 0 Å². The van der Waals surface area contributed by atoms with E-state index in [1.54, 1.807) is 11.3 Å². The molecule has 1 fully saturated rings. The molecule has 0 radical (unpaired) electrons. The summed E-state index contributed by atoms with van der Waals surface area (Å²) in [4.78, 5) is 32.2. The van der Waals surface area contributed by atoms with E-state index in [9.17, 15) is 9.59 Å². The van der Waals surface area contributed by atoms with Gasteiger partial charge < -0.3 is 5.32 Å². The molecule has 7 heteroatoms. The molecule has 4 rings (SSSR count). The Morgan fingerprint density at radius 3 is 2.66 bits per heavy atom. The summed E-state index contributed by atoms with van der Waals surface area (Å²) in [6, 6.07) is 8.21. The van der Waals surface area contributed by atoms with Gasteiger partial charge in [-0.2, -0.15) is 0 Å². The lowest BCUT2D eigenvalue weighted by atomic mass is 9.95. The molecule has 2 heterocycles. The highest BCUT2D eigenvalue weighted by Gasteiger charge is 2.20. The number of benzene rings is 1. The second-order valence-corrected chi connectivity index (χ2v) is 9.52. The third-order valence-electron chi connectivity index (χ3n) is 5.49. The predicted octanol–water partition coefficient (Wildman–Crippen LogP) is 4.90. The molecular formula is C22H24BrN3O2S. The summed E-state index contributed by atoms with van der Waals surface area (Å²) >= 11 is 5.02. The van der Waals surface area contributed by atoms with Gasteiger partial charge in [-0.15, -0.1) is 11.3 Å². The molecule has 0 aliphatic heterocycles. The summed E-state index contributed by atoms with van der Waals surface area (Å²) in [5, 5.41) is 3.70. The fourth-order valence-corrected chi connectivity index (χ4v) is 5.39. The number of aryl methyl sites for hydroxylation is 1. The van der Waals surface area contributed by atoms with Gasteiger partial charge in [0.1, 0.15) is 11.4 Å². The van der Waals surface area contributed by atoms with Gasteiger partial charge in [0.15, 0.2) is 0 Å². The zero-order valence-corrected chi connectivity index (χ0v) is 18.8. The highest BCUT2D eigenvalue weighted by molar-refractivity contribution is 9.10. The van der Waals surface area contributed by atoms with Crippen molar-refractivity contribution in [2.24, 2.45) is 0 Å². The quantitative estimate of drug-likeness (QED) is 0.572. The molecule has 1 aromatic carbocycles. The highest BCUT2D eigenvalue weighted by Crippen LogP contribution is 2.36. The average molecular weight is 474 g/mol. The van der Waals surface area contributed by atoms with Crippen LogP contribution < -0.4 is 10.9 Å². The highest BCUT2D eigenvalue weighted by atomic mass is 79.9. The van der Waals surface area contributed by atoms with Gasteiger partial charge in [0.2, 0.25) is 5.91 Å². The second kappa shape index (κ2) is 8.79. The Labute approximate surface area is 182 Å². The van der Waals surface area contributed by atoms with Crippen molar-refractivity contribution in [3.05, 3.63) is 50.3 Å². The zero-order valence-electron chi connectivity index (χ0n) is 16.4. The monoisotopic (exact) mass is 473 g/mol. The molecule has 0 saturated heterocycles. The fraction of sp³-hybridized carbons (Fsp3) is 0.409. The number of carbonyl (C=O) groups is 1. The van der Waals surface area contributed by atoms with Gasteiger partial charge in [0.25, 0.3) is 5.56 Å². The fourth-order valence-electron chi connectivity index (χ4n) is 4.03. The summed E-state index contributed by atoms with van der Waals surface area (Å²) in [6.45, 7) is 2.10. The molecule has 1 aliphatic carbocycles. The molecule has 1 saturated carbocycles. The molecule has 1 N–H and O–H groups in total. The van der Waals surface area contributed by atoms with Crippen LogP contribution in [0, 0.1) is 0 Å². The Hall–Kier alpha value is -1.99. The predicted molar refractivity (Wildman–Crippen MR) is 121 cm³/mol. The second-order valence-electron chi connectivity index (χ2n) is 7.52. The van der Waals surface area contributed by atoms with Crippen molar-refractivity contribution in [3.8, 4) is 11.1 Å². The van der Waals surface area contributed by atoms with Gasteiger partial charge in [0.05, 0.1) is 11.7 Å². The van der Waals surface area contributed by atoms with E-state index in [-0.39, 0.29) is 24.1 Å². The first-order valence-corrected chi connectivity index (χ1v) is 11.7. The van der Waals surface area contributed by atoms with Crippen LogP contribution in [-0.2, 0) is 17.8 Å². The maximum atomic E-state index is 13.3. The number of halogens is 1. The van der Waals surface area contributed by atoms with Crippen LogP contribution in [0.15, 0.2) is 39.9 Å². The molecule has 0 bridgehead atoms. The van der Waals surface area contributed by atoms with Crippen molar-refractivity contribution in [2.45, 2.75) is 58.0 Å². The number of thiophene rings is 1. The average Bonchev–Trinajstić information content (AvgIpc) is 3.11. The van der Waals surface area contributed by atoms with Crippen molar-refractivity contribution >= 4 is 43.4 Å². The van der Waals surface area contributed by atoms with Crippen LogP contribution >= 0.6 is 27.3 Å². The smallest absolute Gasteiger partial charge is 0.263 e. The van der Waals surface area contributed by atoms with E-state index in [1.165, 1.54) is 17.3 Å². The Morgan fingerprint density at radius 2 is 1.97 bits per heavy atom. The molecule has 0 atom stereocenters. The van der Waals surface area contributed by atoms with Crippen LogP contribution in [0.4, 0.5) is 0 Å². The maximum absolute atomic E-state index is 13.3. The van der Waals surface area contributed by atoms with Crippen molar-refractivity contribution < 1.29 is 4.79 Å². The van der Waals surface area contributed by atoms with Crippen molar-refractivity contribution in [2.75, 3.05) is 0 Å². The minimum absolute atomic E-state index is 0.00928. The maximum Gasteiger partial charge on any atom is 0.263 e. The summed E-state index contributed by atoms with van der Waals surface area (Å²) < 4.78 is 2.43. The number of amides is 1. The van der Waals surface area contributed by atoms with E-state index in [2.05, 4.69) is 33.2 Å². The number of aromatic nitrogens is 2. The summed E-state index contributed by atoms with van der Waals surface area (Å²) in [6.07, 6.45) is 7.93. The van der Waals surface area contributed by atoms with Gasteiger partial charge in [-0.25, -0.2) is 4.98 Å². The number of nitrogens with zero attached hydrogens (tertiary/aromatic N) is 2. The topological polar surface area (TPSA) is 64.0 Å². The SMILES string of the molecule is CCc1sc2ncn(CC(=O)NC3CCCCC3)c(=O)c2c1-c1ccc(Br)cc1. The molecule has 0 unspecified atom stereocenters. The lowest BCUT2D eigenvalue weighted by Crippen LogP contribution is -2.39. The van der Waals surface area contributed by atoms with E-state index in [0.29, 0.717) is 5.39 Å². The summed E-state index contributed by atoms with van der Waals surface area (Å²) in [5.74, 6) is -0.115. The zero-order chi connectivity index (χ0) is 20.4. The van der Waals surface area contributed by atoms with Gasteiger partial charge in [-0.1, -0.05) is 54.2 Å². The minimum Gasteiger partial charge on any atom is -0.352 e. The largest absolute Gasteiger partial charge is 0.352 e. The summed E-state index contributed by atoms with van der Waals surface area (Å²) in [7, 11) is 0. The normalized spacial score (nSPS) is 15.0. The van der Waals surface area contributed by atoms with Gasteiger partial charge in [-0.3, -0.25) is 14.2 Å². The lowest BCUT2D eigenvalue weighted by Gasteiger charge is -2.22. The first-order valence-electron chi connectivity index (χ1n) is 10.1. The van der Waals surface area contributed by atoms with Gasteiger partial charge >= 0.3 is 0 Å². The van der Waals surface area contributed by atoms with Gasteiger partial charge in [0, 0.05) is 21.0 Å². The van der Waals surface area contributed by atoms with Crippen LogP contribution in [0.2, 0.25) is 0 Å². The third kappa shape index (κ3) is 4.31. The van der Waals surface area contributed by atoms with Crippen LogP contribution in [0.5, 0.6) is 0 Å². The van der Waals surface area contributed by atoms with Crippen molar-refractivity contribution in [3.63, 3.8) is 0 Å². The van der Waals surface area contributed by atoms with E-state index in [1.807, 2.05) is 24.3 Å². The number of carbonyl (C=O) groups excluding carboxylic acids is 1. The Balaban J connectivity index is 1.69. The minimum atomic E-state index is -0.150. The Bertz CT molecular complexity index is 1080. The number of rotatable bonds is 5. The van der Waals surface area contributed by atoms with E-state index >= 15 is 0 Å². The van der Waals surface area contributed by atoms with Crippen LogP contribution in [-0.4, -0.2) is 21.5 Å². The molecule has 1 amide bonds. The third-order valence-corrected chi connectivity index (χ3v) is 7.26. The standard InChI is InChI=1S/C22H24BrN3O2S/c1-2-17-19(14-8-10-15(23)11-9-14)20-21(29-17)24-13-26(22(20)28)12-18(27)25-16-6-4-3-5-7-16/h8-11,13,16H,2-7,12H2,1H3,(H,25,27). The molecule has 29 heavy (non-hydrogen) atoms. The molecule has 1 aliphatic rings. The number of hydrogen-bond acceptors (Lipinski definition) is 4. The molecule has 3 aromatic rings. The molecule has 5 nitrogen and oxygen atoms in total.